The zero-order valence-corrected chi connectivity index (χ0v) is 17.1. The summed E-state index contributed by atoms with van der Waals surface area (Å²) in [5.74, 6) is -1.51. The molecule has 0 saturated carbocycles. The Morgan fingerprint density at radius 3 is 2.90 bits per heavy atom. The molecule has 1 aliphatic heterocycles. The second-order valence-corrected chi connectivity index (χ2v) is 7.47. The van der Waals surface area contributed by atoms with Crippen molar-refractivity contribution in [3.05, 3.63) is 64.7 Å². The molecule has 1 aromatic carbocycles. The van der Waals surface area contributed by atoms with E-state index in [0.29, 0.717) is 25.4 Å². The Bertz CT molecular complexity index is 1000. The predicted octanol–water partition coefficient (Wildman–Crippen LogP) is 2.92. The molecule has 1 unspecified atom stereocenters. The summed E-state index contributed by atoms with van der Waals surface area (Å²) in [5.41, 5.74) is 4.14. The first-order valence-corrected chi connectivity index (χ1v) is 9.93. The molecule has 1 aliphatic rings. The lowest BCUT2D eigenvalue weighted by Crippen LogP contribution is -2.38. The molecule has 9 heteroatoms. The number of aromatic amines is 1. The summed E-state index contributed by atoms with van der Waals surface area (Å²) in [6.45, 7) is 5.49. The van der Waals surface area contributed by atoms with Crippen molar-refractivity contribution in [3.8, 4) is 5.75 Å². The maximum Gasteiger partial charge on any atom is 0.162 e. The van der Waals surface area contributed by atoms with Gasteiger partial charge in [0, 0.05) is 56.1 Å². The summed E-state index contributed by atoms with van der Waals surface area (Å²) in [4.78, 5) is 2.35. The fraction of sp³-hybridized carbons (Fsp3) is 0.429. The van der Waals surface area contributed by atoms with Gasteiger partial charge in [-0.1, -0.05) is 0 Å². The van der Waals surface area contributed by atoms with E-state index >= 15 is 0 Å². The van der Waals surface area contributed by atoms with Gasteiger partial charge < -0.3 is 9.47 Å². The van der Waals surface area contributed by atoms with E-state index in [1.807, 2.05) is 24.0 Å². The van der Waals surface area contributed by atoms with E-state index in [-0.39, 0.29) is 6.10 Å². The minimum atomic E-state index is -0.920. The number of hydrogen-bond acceptors (Lipinski definition) is 5. The first-order chi connectivity index (χ1) is 14.5. The molecule has 3 heterocycles. The lowest BCUT2D eigenvalue weighted by Gasteiger charge is -2.32. The van der Waals surface area contributed by atoms with Crippen molar-refractivity contribution in [2.24, 2.45) is 7.05 Å². The molecule has 1 N–H and O–H groups in total. The van der Waals surface area contributed by atoms with Crippen molar-refractivity contribution in [1.82, 2.24) is 24.9 Å². The third kappa shape index (κ3) is 4.68. The van der Waals surface area contributed by atoms with Gasteiger partial charge in [-0.2, -0.15) is 10.2 Å². The summed E-state index contributed by atoms with van der Waals surface area (Å²) in [7, 11) is 1.95. The third-order valence-corrected chi connectivity index (χ3v) is 5.39. The van der Waals surface area contributed by atoms with Gasteiger partial charge in [-0.3, -0.25) is 14.7 Å². The predicted molar refractivity (Wildman–Crippen MR) is 106 cm³/mol. The number of aryl methyl sites for hydroxylation is 1. The van der Waals surface area contributed by atoms with Crippen LogP contribution in [0, 0.1) is 18.6 Å². The summed E-state index contributed by atoms with van der Waals surface area (Å²) in [6, 6.07) is 5.48. The first kappa shape index (κ1) is 20.5. The summed E-state index contributed by atoms with van der Waals surface area (Å²) < 4.78 is 39.5. The van der Waals surface area contributed by atoms with Crippen molar-refractivity contribution < 1.29 is 18.3 Å². The molecule has 4 rings (SSSR count). The second kappa shape index (κ2) is 8.93. The van der Waals surface area contributed by atoms with Crippen LogP contribution in [-0.4, -0.2) is 51.2 Å². The van der Waals surface area contributed by atoms with Crippen LogP contribution in [0.2, 0.25) is 0 Å². The highest BCUT2D eigenvalue weighted by atomic mass is 19.2. The van der Waals surface area contributed by atoms with Crippen LogP contribution < -0.4 is 4.74 Å². The van der Waals surface area contributed by atoms with E-state index in [2.05, 4.69) is 27.1 Å². The van der Waals surface area contributed by atoms with E-state index in [9.17, 15) is 8.78 Å². The van der Waals surface area contributed by atoms with E-state index in [4.69, 9.17) is 9.47 Å². The number of benzene rings is 1. The molecular formula is C21H25F2N5O2. The van der Waals surface area contributed by atoms with Gasteiger partial charge in [0.05, 0.1) is 25.1 Å². The normalized spacial score (nSPS) is 17.4. The number of halogens is 2. The molecule has 1 fully saturated rings. The molecule has 2 aromatic heterocycles. The Morgan fingerprint density at radius 1 is 1.27 bits per heavy atom. The number of H-pyrrole nitrogens is 1. The highest BCUT2D eigenvalue weighted by Crippen LogP contribution is 2.23. The quantitative estimate of drug-likeness (QED) is 0.640. The molecule has 1 atom stereocenters. The Kier molecular flexibility index (Phi) is 6.10. The largest absolute Gasteiger partial charge is 0.493 e. The standard InChI is InChI=1S/C21H25F2N5O2/c1-14-15(11-24-27(14)2)12-28-6-8-30-21(13-28)20-9-16(25-26-20)5-7-29-17-3-4-18(22)19(23)10-17/h3-4,9-11,21H,5-8,12-13H2,1-2H3,(H,25,26). The smallest absolute Gasteiger partial charge is 0.162 e. The minimum absolute atomic E-state index is 0.104. The van der Waals surface area contributed by atoms with Gasteiger partial charge >= 0.3 is 0 Å². The maximum absolute atomic E-state index is 13.2. The monoisotopic (exact) mass is 417 g/mol. The zero-order chi connectivity index (χ0) is 21.1. The molecule has 3 aromatic rings. The van der Waals surface area contributed by atoms with Crippen molar-refractivity contribution in [3.63, 3.8) is 0 Å². The minimum Gasteiger partial charge on any atom is -0.493 e. The fourth-order valence-corrected chi connectivity index (χ4v) is 3.48. The van der Waals surface area contributed by atoms with Crippen LogP contribution in [0.25, 0.3) is 0 Å². The average molecular weight is 417 g/mol. The molecule has 0 radical (unpaired) electrons. The van der Waals surface area contributed by atoms with Crippen LogP contribution >= 0.6 is 0 Å². The summed E-state index contributed by atoms with van der Waals surface area (Å²) in [6.07, 6.45) is 2.38. The molecule has 0 spiro atoms. The lowest BCUT2D eigenvalue weighted by molar-refractivity contribution is -0.0350. The second-order valence-electron chi connectivity index (χ2n) is 7.47. The van der Waals surface area contributed by atoms with Crippen molar-refractivity contribution in [2.45, 2.75) is 26.0 Å². The molecule has 1 saturated heterocycles. The van der Waals surface area contributed by atoms with E-state index < -0.39 is 11.6 Å². The Labute approximate surface area is 173 Å². The molecule has 160 valence electrons. The molecule has 0 bridgehead atoms. The number of nitrogens with one attached hydrogen (secondary N) is 1. The SMILES string of the molecule is Cc1c(CN2CCOC(c3cc(CCOc4ccc(F)c(F)c4)[nH]n3)C2)cnn1C. The van der Waals surface area contributed by atoms with Crippen LogP contribution in [-0.2, 0) is 24.8 Å². The van der Waals surface area contributed by atoms with Crippen LogP contribution in [0.5, 0.6) is 5.75 Å². The topological polar surface area (TPSA) is 68.2 Å². The molecule has 0 amide bonds. The van der Waals surface area contributed by atoms with Gasteiger partial charge in [0.1, 0.15) is 11.9 Å². The van der Waals surface area contributed by atoms with E-state index in [1.54, 1.807) is 0 Å². The summed E-state index contributed by atoms with van der Waals surface area (Å²) >= 11 is 0. The van der Waals surface area contributed by atoms with Gasteiger partial charge in [0.2, 0.25) is 0 Å². The van der Waals surface area contributed by atoms with Crippen molar-refractivity contribution in [1.29, 1.82) is 0 Å². The van der Waals surface area contributed by atoms with Crippen LogP contribution in [0.4, 0.5) is 8.78 Å². The first-order valence-electron chi connectivity index (χ1n) is 9.93. The van der Waals surface area contributed by atoms with Gasteiger partial charge in [0.15, 0.2) is 11.6 Å². The number of aromatic nitrogens is 4. The van der Waals surface area contributed by atoms with Crippen molar-refractivity contribution in [2.75, 3.05) is 26.3 Å². The van der Waals surface area contributed by atoms with Gasteiger partial charge in [-0.25, -0.2) is 8.78 Å². The number of hydrogen-bond donors (Lipinski definition) is 1. The highest BCUT2D eigenvalue weighted by molar-refractivity contribution is 5.23. The highest BCUT2D eigenvalue weighted by Gasteiger charge is 2.25. The third-order valence-electron chi connectivity index (χ3n) is 5.39. The zero-order valence-electron chi connectivity index (χ0n) is 17.1. The Hall–Kier alpha value is -2.78. The molecule has 30 heavy (non-hydrogen) atoms. The van der Waals surface area contributed by atoms with E-state index in [0.717, 1.165) is 43.2 Å². The van der Waals surface area contributed by atoms with Crippen LogP contribution in [0.15, 0.2) is 30.5 Å². The van der Waals surface area contributed by atoms with E-state index in [1.165, 1.54) is 17.3 Å². The number of morpholine rings is 1. The molecule has 7 nitrogen and oxygen atoms in total. The summed E-state index contributed by atoms with van der Waals surface area (Å²) in [5, 5.41) is 11.7. The van der Waals surface area contributed by atoms with Crippen LogP contribution in [0.3, 0.4) is 0 Å². The molecule has 0 aliphatic carbocycles. The maximum atomic E-state index is 13.2. The Balaban J connectivity index is 1.30. The number of nitrogens with zero attached hydrogens (tertiary/aromatic N) is 4. The Morgan fingerprint density at radius 2 is 2.13 bits per heavy atom. The van der Waals surface area contributed by atoms with Crippen LogP contribution in [0.1, 0.15) is 28.7 Å². The number of ether oxygens (including phenoxy) is 2. The fourth-order valence-electron chi connectivity index (χ4n) is 3.48. The van der Waals surface area contributed by atoms with Gasteiger partial charge in [0.25, 0.3) is 0 Å². The average Bonchev–Trinajstić information content (AvgIpc) is 3.33. The lowest BCUT2D eigenvalue weighted by atomic mass is 10.1. The van der Waals surface area contributed by atoms with Gasteiger partial charge in [-0.05, 0) is 25.1 Å². The van der Waals surface area contributed by atoms with Crippen molar-refractivity contribution >= 4 is 0 Å². The number of rotatable bonds is 7. The van der Waals surface area contributed by atoms with Gasteiger partial charge in [-0.15, -0.1) is 0 Å². The molecular weight excluding hydrogens is 392 g/mol.